The topological polar surface area (TPSA) is 84.6 Å². The number of halogens is 1. The van der Waals surface area contributed by atoms with E-state index < -0.39 is 17.8 Å². The van der Waals surface area contributed by atoms with Crippen LogP contribution in [0.3, 0.4) is 0 Å². The maximum Gasteiger partial charge on any atom is 0.254 e. The average Bonchev–Trinajstić information content (AvgIpc) is 3.03. The molecule has 3 rings (SSSR count). The van der Waals surface area contributed by atoms with Crippen LogP contribution in [-0.4, -0.2) is 29.7 Å². The summed E-state index contributed by atoms with van der Waals surface area (Å²) in [6, 6.07) is 11.4. The Morgan fingerprint density at radius 1 is 1.19 bits per heavy atom. The van der Waals surface area contributed by atoms with Gasteiger partial charge in [0.05, 0.1) is 11.7 Å². The predicted molar refractivity (Wildman–Crippen MR) is 96.8 cm³/mol. The van der Waals surface area contributed by atoms with Gasteiger partial charge < -0.3 is 20.9 Å². The van der Waals surface area contributed by atoms with E-state index in [1.165, 1.54) is 18.2 Å². The van der Waals surface area contributed by atoms with Gasteiger partial charge in [0.1, 0.15) is 17.3 Å². The summed E-state index contributed by atoms with van der Waals surface area (Å²) in [7, 11) is 0. The molecule has 1 saturated carbocycles. The molecule has 2 atom stereocenters. The zero-order valence-corrected chi connectivity index (χ0v) is 14.5. The van der Waals surface area contributed by atoms with Gasteiger partial charge in [0.2, 0.25) is 0 Å². The van der Waals surface area contributed by atoms with Gasteiger partial charge in [0, 0.05) is 6.04 Å². The summed E-state index contributed by atoms with van der Waals surface area (Å²) >= 11 is 0. The van der Waals surface area contributed by atoms with Gasteiger partial charge in [-0.2, -0.15) is 0 Å². The zero-order chi connectivity index (χ0) is 18.5. The number of hydrogen-bond donors (Lipinski definition) is 3. The number of nitrogens with one attached hydrogen (secondary N) is 1. The van der Waals surface area contributed by atoms with Crippen molar-refractivity contribution in [3.63, 3.8) is 0 Å². The van der Waals surface area contributed by atoms with E-state index in [1.807, 2.05) is 24.3 Å². The normalized spacial score (nSPS) is 19.3. The van der Waals surface area contributed by atoms with Crippen LogP contribution in [0.1, 0.15) is 35.2 Å². The Morgan fingerprint density at radius 3 is 2.58 bits per heavy atom. The summed E-state index contributed by atoms with van der Waals surface area (Å²) < 4.78 is 19.8. The summed E-state index contributed by atoms with van der Waals surface area (Å²) in [5.74, 6) is -0.116. The van der Waals surface area contributed by atoms with Crippen molar-refractivity contribution in [3.05, 3.63) is 59.4 Å². The van der Waals surface area contributed by atoms with Crippen molar-refractivity contribution >= 4 is 5.91 Å². The summed E-state index contributed by atoms with van der Waals surface area (Å²) in [5.41, 5.74) is 6.57. The first-order valence-electron chi connectivity index (χ1n) is 8.80. The highest BCUT2D eigenvalue weighted by Gasteiger charge is 2.25. The predicted octanol–water partition coefficient (Wildman–Crippen LogP) is 2.76. The van der Waals surface area contributed by atoms with Gasteiger partial charge in [-0.1, -0.05) is 12.1 Å². The number of ether oxygens (including phenoxy) is 1. The van der Waals surface area contributed by atoms with Gasteiger partial charge in [-0.25, -0.2) is 4.39 Å². The van der Waals surface area contributed by atoms with Crippen LogP contribution in [0.25, 0.3) is 0 Å². The van der Waals surface area contributed by atoms with E-state index in [2.05, 4.69) is 5.32 Å². The Morgan fingerprint density at radius 2 is 1.92 bits per heavy atom. The summed E-state index contributed by atoms with van der Waals surface area (Å²) in [6.45, 7) is 0.578. The molecule has 0 saturated heterocycles. The standard InChI is InChI=1S/C20H23FN2O3/c21-19-8-7-17(26-16-5-1-13(2-6-16)9-10-22)12-18(19)20(25)23-14-3-4-15(24)11-14/h1-2,5-8,12,14-15,24H,3-4,9-11,22H2,(H,23,25)/t14-,15+/m1/s1. The number of hydrogen-bond acceptors (Lipinski definition) is 4. The molecule has 0 radical (unpaired) electrons. The van der Waals surface area contributed by atoms with Crippen molar-refractivity contribution in [2.24, 2.45) is 5.73 Å². The lowest BCUT2D eigenvalue weighted by molar-refractivity contribution is 0.0929. The van der Waals surface area contributed by atoms with Gasteiger partial charge >= 0.3 is 0 Å². The van der Waals surface area contributed by atoms with E-state index in [1.54, 1.807) is 0 Å². The van der Waals surface area contributed by atoms with Gasteiger partial charge in [-0.05, 0) is 68.1 Å². The Balaban J connectivity index is 1.69. The Bertz CT molecular complexity index is 764. The van der Waals surface area contributed by atoms with Gasteiger partial charge in [-0.3, -0.25) is 4.79 Å². The Kier molecular flexibility index (Phi) is 5.85. The lowest BCUT2D eigenvalue weighted by Crippen LogP contribution is -2.33. The molecular formula is C20H23FN2O3. The molecule has 0 spiro atoms. The number of carbonyl (C=O) groups is 1. The molecule has 0 aliphatic heterocycles. The average molecular weight is 358 g/mol. The number of benzene rings is 2. The van der Waals surface area contributed by atoms with Crippen molar-refractivity contribution in [1.82, 2.24) is 5.32 Å². The Labute approximate surface area is 152 Å². The second kappa shape index (κ2) is 8.29. The van der Waals surface area contributed by atoms with Crippen LogP contribution in [0.5, 0.6) is 11.5 Å². The molecule has 5 nitrogen and oxygen atoms in total. The highest BCUT2D eigenvalue weighted by Crippen LogP contribution is 2.25. The van der Waals surface area contributed by atoms with E-state index >= 15 is 0 Å². The van der Waals surface area contributed by atoms with Gasteiger partial charge in [-0.15, -0.1) is 0 Å². The monoisotopic (exact) mass is 358 g/mol. The van der Waals surface area contributed by atoms with Gasteiger partial charge in [0.15, 0.2) is 0 Å². The van der Waals surface area contributed by atoms with Crippen molar-refractivity contribution in [3.8, 4) is 11.5 Å². The maximum absolute atomic E-state index is 14.1. The first-order valence-corrected chi connectivity index (χ1v) is 8.80. The van der Waals surface area contributed by atoms with Crippen molar-refractivity contribution in [1.29, 1.82) is 0 Å². The summed E-state index contributed by atoms with van der Waals surface area (Å²) in [6.07, 6.45) is 2.23. The molecule has 0 unspecified atom stereocenters. The van der Waals surface area contributed by atoms with E-state index in [-0.39, 0.29) is 11.6 Å². The highest BCUT2D eigenvalue weighted by atomic mass is 19.1. The minimum atomic E-state index is -0.605. The first-order chi connectivity index (χ1) is 12.5. The maximum atomic E-state index is 14.1. The summed E-state index contributed by atoms with van der Waals surface area (Å²) in [5, 5.41) is 12.3. The van der Waals surface area contributed by atoms with E-state index in [0.717, 1.165) is 12.0 Å². The fraction of sp³-hybridized carbons (Fsp3) is 0.350. The van der Waals surface area contributed by atoms with Crippen LogP contribution in [0, 0.1) is 5.82 Å². The molecule has 138 valence electrons. The zero-order valence-electron chi connectivity index (χ0n) is 14.5. The van der Waals surface area contributed by atoms with E-state index in [9.17, 15) is 14.3 Å². The van der Waals surface area contributed by atoms with Crippen LogP contribution in [0.2, 0.25) is 0 Å². The van der Waals surface area contributed by atoms with Crippen LogP contribution in [-0.2, 0) is 6.42 Å². The number of rotatable bonds is 6. The minimum absolute atomic E-state index is 0.0661. The minimum Gasteiger partial charge on any atom is -0.457 e. The third-order valence-corrected chi connectivity index (χ3v) is 4.51. The lowest BCUT2D eigenvalue weighted by atomic mass is 10.1. The smallest absolute Gasteiger partial charge is 0.254 e. The molecule has 1 aliphatic carbocycles. The van der Waals surface area contributed by atoms with Crippen LogP contribution >= 0.6 is 0 Å². The number of aliphatic hydroxyl groups is 1. The third kappa shape index (κ3) is 4.59. The number of nitrogens with two attached hydrogens (primary N) is 1. The molecule has 1 fully saturated rings. The second-order valence-corrected chi connectivity index (χ2v) is 6.56. The van der Waals surface area contributed by atoms with Crippen LogP contribution in [0.4, 0.5) is 4.39 Å². The molecule has 6 heteroatoms. The van der Waals surface area contributed by atoms with Crippen molar-refractivity contribution < 1.29 is 19.0 Å². The van der Waals surface area contributed by atoms with Crippen molar-refractivity contribution in [2.75, 3.05) is 6.54 Å². The van der Waals surface area contributed by atoms with Crippen molar-refractivity contribution in [2.45, 2.75) is 37.8 Å². The fourth-order valence-corrected chi connectivity index (χ4v) is 3.12. The molecule has 0 heterocycles. The molecule has 4 N–H and O–H groups in total. The van der Waals surface area contributed by atoms with Crippen LogP contribution in [0.15, 0.2) is 42.5 Å². The second-order valence-electron chi connectivity index (χ2n) is 6.56. The Hall–Kier alpha value is -2.44. The molecule has 0 bridgehead atoms. The number of carbonyl (C=O) groups excluding carboxylic acids is 1. The molecule has 1 aliphatic rings. The molecular weight excluding hydrogens is 335 g/mol. The molecule has 26 heavy (non-hydrogen) atoms. The SMILES string of the molecule is NCCc1ccc(Oc2ccc(F)c(C(=O)N[C@@H]3CC[C@H](O)C3)c2)cc1. The van der Waals surface area contributed by atoms with Crippen LogP contribution < -0.4 is 15.8 Å². The number of aliphatic hydroxyl groups excluding tert-OH is 1. The lowest BCUT2D eigenvalue weighted by Gasteiger charge is -2.13. The first kappa shape index (κ1) is 18.4. The largest absolute Gasteiger partial charge is 0.457 e. The summed E-state index contributed by atoms with van der Waals surface area (Å²) in [4.78, 5) is 12.3. The molecule has 2 aromatic rings. The number of amides is 1. The molecule has 2 aromatic carbocycles. The van der Waals surface area contributed by atoms with Gasteiger partial charge in [0.25, 0.3) is 5.91 Å². The van der Waals surface area contributed by atoms with E-state index in [4.69, 9.17) is 10.5 Å². The van der Waals surface area contributed by atoms with E-state index in [0.29, 0.717) is 37.3 Å². The highest BCUT2D eigenvalue weighted by molar-refractivity contribution is 5.95. The molecule has 0 aromatic heterocycles. The quantitative estimate of drug-likeness (QED) is 0.741. The fourth-order valence-electron chi connectivity index (χ4n) is 3.12. The third-order valence-electron chi connectivity index (χ3n) is 4.51. The molecule has 1 amide bonds.